The molecule has 168 valence electrons. The number of nitrogens with one attached hydrogen (secondary N) is 2. The summed E-state index contributed by atoms with van der Waals surface area (Å²) in [5.41, 5.74) is 1.60. The lowest BCUT2D eigenvalue weighted by Gasteiger charge is -2.35. The second-order valence-corrected chi connectivity index (χ2v) is 10.8. The first kappa shape index (κ1) is 23.2. The highest BCUT2D eigenvalue weighted by atomic mass is 32.2. The molecule has 1 aliphatic heterocycles. The number of likely N-dealkylation sites (tertiary alicyclic amines) is 1. The number of hydrogen-bond donors (Lipinski definition) is 2. The molecule has 6 nitrogen and oxygen atoms in total. The van der Waals surface area contributed by atoms with Crippen molar-refractivity contribution in [1.29, 1.82) is 0 Å². The molecule has 0 unspecified atom stereocenters. The number of carbonyl (C=O) groups excluding carboxylic acids is 1. The van der Waals surface area contributed by atoms with E-state index in [1.54, 1.807) is 19.1 Å². The van der Waals surface area contributed by atoms with Gasteiger partial charge in [0.1, 0.15) is 0 Å². The smallest absolute Gasteiger partial charge is 0.240 e. The summed E-state index contributed by atoms with van der Waals surface area (Å²) in [6.45, 7) is 7.05. The predicted octanol–water partition coefficient (Wildman–Crippen LogP) is 3.13. The number of hydrogen-bond acceptors (Lipinski definition) is 4. The SMILES string of the molecule is Cc1ccc(C)c(S(=O)(=O)NCCC(=O)NC2CCN(CC3CCCCC3)CC2)c1. The van der Waals surface area contributed by atoms with E-state index < -0.39 is 10.0 Å². The third-order valence-electron chi connectivity index (χ3n) is 6.47. The summed E-state index contributed by atoms with van der Waals surface area (Å²) in [7, 11) is -3.60. The fourth-order valence-electron chi connectivity index (χ4n) is 4.67. The molecule has 2 N–H and O–H groups in total. The number of benzene rings is 1. The van der Waals surface area contributed by atoms with Crippen molar-refractivity contribution in [2.24, 2.45) is 5.92 Å². The Morgan fingerprint density at radius 3 is 2.47 bits per heavy atom. The summed E-state index contributed by atoms with van der Waals surface area (Å²) in [5.74, 6) is 0.777. The molecule has 1 amide bonds. The highest BCUT2D eigenvalue weighted by Gasteiger charge is 2.24. The van der Waals surface area contributed by atoms with Crippen LogP contribution in [0.1, 0.15) is 62.5 Å². The van der Waals surface area contributed by atoms with Crippen LogP contribution < -0.4 is 10.0 Å². The van der Waals surface area contributed by atoms with Crippen LogP contribution in [0.25, 0.3) is 0 Å². The van der Waals surface area contributed by atoms with E-state index in [1.807, 2.05) is 13.0 Å². The minimum Gasteiger partial charge on any atom is -0.353 e. The number of carbonyl (C=O) groups is 1. The monoisotopic (exact) mass is 435 g/mol. The third-order valence-corrected chi connectivity index (χ3v) is 8.07. The molecule has 1 saturated carbocycles. The van der Waals surface area contributed by atoms with Crippen LogP contribution in [0, 0.1) is 19.8 Å². The van der Waals surface area contributed by atoms with Crippen molar-refractivity contribution >= 4 is 15.9 Å². The van der Waals surface area contributed by atoms with Crippen LogP contribution in [0.5, 0.6) is 0 Å². The van der Waals surface area contributed by atoms with Crippen LogP contribution in [0.2, 0.25) is 0 Å². The Kier molecular flexibility index (Phi) is 8.31. The van der Waals surface area contributed by atoms with E-state index in [4.69, 9.17) is 0 Å². The standard InChI is InChI=1S/C23H37N3O3S/c1-18-8-9-19(2)22(16-18)30(28,29)24-13-10-23(27)25-21-11-14-26(15-12-21)17-20-6-4-3-5-7-20/h8-9,16,20-21,24H,3-7,10-15,17H2,1-2H3,(H,25,27). The molecule has 1 aromatic rings. The van der Waals surface area contributed by atoms with Gasteiger partial charge in [0.2, 0.25) is 15.9 Å². The molecule has 0 aromatic heterocycles. The highest BCUT2D eigenvalue weighted by molar-refractivity contribution is 7.89. The van der Waals surface area contributed by atoms with Gasteiger partial charge in [0.25, 0.3) is 0 Å². The number of sulfonamides is 1. The predicted molar refractivity (Wildman–Crippen MR) is 120 cm³/mol. The largest absolute Gasteiger partial charge is 0.353 e. The molecule has 3 rings (SSSR count). The number of piperidine rings is 1. The maximum Gasteiger partial charge on any atom is 0.240 e. The second kappa shape index (κ2) is 10.7. The molecule has 7 heteroatoms. The maximum absolute atomic E-state index is 12.5. The van der Waals surface area contributed by atoms with Crippen LogP contribution in [0.3, 0.4) is 0 Å². The summed E-state index contributed by atoms with van der Waals surface area (Å²) in [4.78, 5) is 15.1. The van der Waals surface area contributed by atoms with Crippen molar-refractivity contribution < 1.29 is 13.2 Å². The molecule has 2 fully saturated rings. The normalized spacial score (nSPS) is 19.7. The van der Waals surface area contributed by atoms with E-state index in [2.05, 4.69) is 14.9 Å². The van der Waals surface area contributed by atoms with Gasteiger partial charge in [-0.3, -0.25) is 4.79 Å². The minimum atomic E-state index is -3.60. The molecule has 1 aliphatic carbocycles. The van der Waals surface area contributed by atoms with Crippen LogP contribution in [0.4, 0.5) is 0 Å². The molecule has 0 spiro atoms. The average Bonchev–Trinajstić information content (AvgIpc) is 2.72. The molecular formula is C23H37N3O3S. The van der Waals surface area contributed by atoms with E-state index >= 15 is 0 Å². The Hall–Kier alpha value is -1.44. The van der Waals surface area contributed by atoms with Crippen molar-refractivity contribution in [3.05, 3.63) is 29.3 Å². The number of nitrogens with zero attached hydrogens (tertiary/aromatic N) is 1. The van der Waals surface area contributed by atoms with Crippen LogP contribution in [-0.2, 0) is 14.8 Å². The second-order valence-electron chi connectivity index (χ2n) is 9.06. The maximum atomic E-state index is 12.5. The Balaban J connectivity index is 1.36. The zero-order chi connectivity index (χ0) is 21.6. The van der Waals surface area contributed by atoms with Gasteiger partial charge in [0.05, 0.1) is 4.90 Å². The lowest BCUT2D eigenvalue weighted by Crippen LogP contribution is -2.46. The number of aryl methyl sites for hydroxylation is 2. The first-order chi connectivity index (χ1) is 14.3. The third kappa shape index (κ3) is 6.79. The molecule has 0 radical (unpaired) electrons. The number of rotatable bonds is 8. The molecular weight excluding hydrogens is 398 g/mol. The number of amides is 1. The molecule has 1 heterocycles. The van der Waals surface area contributed by atoms with E-state index in [1.165, 1.54) is 38.6 Å². The van der Waals surface area contributed by atoms with Crippen LogP contribution in [-0.4, -0.2) is 51.4 Å². The van der Waals surface area contributed by atoms with E-state index in [0.717, 1.165) is 37.4 Å². The topological polar surface area (TPSA) is 78.5 Å². The van der Waals surface area contributed by atoms with Crippen molar-refractivity contribution in [3.63, 3.8) is 0 Å². The van der Waals surface area contributed by atoms with Crippen LogP contribution in [0.15, 0.2) is 23.1 Å². The van der Waals surface area contributed by atoms with Crippen molar-refractivity contribution in [2.75, 3.05) is 26.2 Å². The van der Waals surface area contributed by atoms with E-state index in [0.29, 0.717) is 5.56 Å². The minimum absolute atomic E-state index is 0.0793. The van der Waals surface area contributed by atoms with Crippen molar-refractivity contribution in [1.82, 2.24) is 14.9 Å². The lowest BCUT2D eigenvalue weighted by atomic mass is 9.88. The first-order valence-electron chi connectivity index (χ1n) is 11.4. The zero-order valence-corrected chi connectivity index (χ0v) is 19.3. The van der Waals surface area contributed by atoms with E-state index in [9.17, 15) is 13.2 Å². The quantitative estimate of drug-likeness (QED) is 0.658. The van der Waals surface area contributed by atoms with Gasteiger partial charge in [-0.1, -0.05) is 31.4 Å². The molecule has 1 aromatic carbocycles. The fourth-order valence-corrected chi connectivity index (χ4v) is 6.03. The summed E-state index contributed by atoms with van der Waals surface area (Å²) < 4.78 is 27.6. The van der Waals surface area contributed by atoms with Crippen molar-refractivity contribution in [2.45, 2.75) is 76.2 Å². The Morgan fingerprint density at radius 1 is 1.07 bits per heavy atom. The van der Waals surface area contributed by atoms with Gasteiger partial charge in [-0.15, -0.1) is 0 Å². The Bertz CT molecular complexity index is 811. The Morgan fingerprint density at radius 2 is 1.77 bits per heavy atom. The molecule has 1 saturated heterocycles. The van der Waals surface area contributed by atoms with Gasteiger partial charge in [-0.25, -0.2) is 13.1 Å². The van der Waals surface area contributed by atoms with Gasteiger partial charge < -0.3 is 10.2 Å². The zero-order valence-electron chi connectivity index (χ0n) is 18.5. The summed E-state index contributed by atoms with van der Waals surface area (Å²) in [6.07, 6.45) is 9.01. The van der Waals surface area contributed by atoms with Gasteiger partial charge in [-0.2, -0.15) is 0 Å². The lowest BCUT2D eigenvalue weighted by molar-refractivity contribution is -0.121. The highest BCUT2D eigenvalue weighted by Crippen LogP contribution is 2.25. The molecule has 0 atom stereocenters. The molecule has 2 aliphatic rings. The first-order valence-corrected chi connectivity index (χ1v) is 12.9. The average molecular weight is 436 g/mol. The molecule has 0 bridgehead atoms. The van der Waals surface area contributed by atoms with Gasteiger partial charge in [0, 0.05) is 38.6 Å². The van der Waals surface area contributed by atoms with Crippen molar-refractivity contribution in [3.8, 4) is 0 Å². The van der Waals surface area contributed by atoms with Crippen LogP contribution >= 0.6 is 0 Å². The Labute approximate surface area is 181 Å². The van der Waals surface area contributed by atoms with E-state index in [-0.39, 0.29) is 29.8 Å². The molecule has 30 heavy (non-hydrogen) atoms. The summed E-state index contributed by atoms with van der Waals surface area (Å²) in [6, 6.07) is 5.56. The fraction of sp³-hybridized carbons (Fsp3) is 0.696. The van der Waals surface area contributed by atoms with Gasteiger partial charge >= 0.3 is 0 Å². The van der Waals surface area contributed by atoms with Gasteiger partial charge in [0.15, 0.2) is 0 Å². The summed E-state index contributed by atoms with van der Waals surface area (Å²) >= 11 is 0. The summed E-state index contributed by atoms with van der Waals surface area (Å²) in [5, 5.41) is 3.09. The van der Waals surface area contributed by atoms with Gasteiger partial charge in [-0.05, 0) is 62.6 Å².